The lowest BCUT2D eigenvalue weighted by atomic mass is 10.3. The number of carbonyl (C=O) groups excluding carboxylic acids is 1. The van der Waals surface area contributed by atoms with Crippen molar-refractivity contribution in [2.75, 3.05) is 5.75 Å². The fraction of sp³-hybridized carbons (Fsp3) is 0.200. The van der Waals surface area contributed by atoms with E-state index in [1.807, 2.05) is 17.5 Å². The molecule has 3 rings (SSSR count). The molecule has 12 heteroatoms. The molecule has 0 atom stereocenters. The van der Waals surface area contributed by atoms with Gasteiger partial charge in [-0.3, -0.25) is 4.79 Å². The average molecular weight is 415 g/mol. The van der Waals surface area contributed by atoms with Gasteiger partial charge in [0.25, 0.3) is 0 Å². The minimum atomic E-state index is -4.76. The van der Waals surface area contributed by atoms with Crippen molar-refractivity contribution in [3.05, 3.63) is 46.7 Å². The lowest BCUT2D eigenvalue weighted by molar-refractivity contribution is -0.274. The summed E-state index contributed by atoms with van der Waals surface area (Å²) >= 11 is 2.66. The average Bonchev–Trinajstić information content (AvgIpc) is 3.29. The second-order valence-electron chi connectivity index (χ2n) is 5.06. The number of hydrogen-bond acceptors (Lipinski definition) is 7. The molecule has 0 bridgehead atoms. The van der Waals surface area contributed by atoms with Crippen molar-refractivity contribution in [2.24, 2.45) is 0 Å². The second-order valence-corrected chi connectivity index (χ2v) is 7.03. The number of thiophene rings is 1. The molecular weight excluding hydrogens is 403 g/mol. The normalized spacial score (nSPS) is 11.4. The van der Waals surface area contributed by atoms with E-state index in [0.717, 1.165) is 28.8 Å². The minimum Gasteiger partial charge on any atom is -0.406 e. The summed E-state index contributed by atoms with van der Waals surface area (Å²) < 4.78 is 41.8. The molecule has 0 spiro atoms. The van der Waals surface area contributed by atoms with E-state index in [0.29, 0.717) is 17.4 Å². The zero-order chi connectivity index (χ0) is 19.3. The maximum absolute atomic E-state index is 12.2. The van der Waals surface area contributed by atoms with Crippen molar-refractivity contribution in [2.45, 2.75) is 18.1 Å². The Morgan fingerprint density at radius 3 is 2.70 bits per heavy atom. The number of carbonyl (C=O) groups is 1. The Hall–Kier alpha value is -2.60. The second kappa shape index (κ2) is 8.39. The van der Waals surface area contributed by atoms with Crippen molar-refractivity contribution < 1.29 is 22.7 Å². The molecule has 0 saturated carbocycles. The molecule has 3 aromatic rings. The third-order valence-electron chi connectivity index (χ3n) is 3.13. The molecule has 0 aliphatic carbocycles. The Morgan fingerprint density at radius 1 is 1.26 bits per heavy atom. The van der Waals surface area contributed by atoms with E-state index >= 15 is 0 Å². The lowest BCUT2D eigenvalue weighted by Crippen LogP contribution is -2.24. The molecule has 142 valence electrons. The highest BCUT2D eigenvalue weighted by atomic mass is 32.2. The highest BCUT2D eigenvalue weighted by Crippen LogP contribution is 2.25. The molecule has 0 saturated heterocycles. The van der Waals surface area contributed by atoms with E-state index in [2.05, 4.69) is 25.6 Å². The third kappa shape index (κ3) is 5.69. The molecule has 0 aliphatic rings. The number of nitrogens with zero attached hydrogens (tertiary/aromatic N) is 4. The van der Waals surface area contributed by atoms with Crippen molar-refractivity contribution in [1.82, 2.24) is 25.5 Å². The molecule has 1 amide bonds. The van der Waals surface area contributed by atoms with Crippen LogP contribution in [-0.4, -0.2) is 38.2 Å². The smallest absolute Gasteiger partial charge is 0.406 e. The Balaban J connectivity index is 1.58. The van der Waals surface area contributed by atoms with Crippen LogP contribution < -0.4 is 10.1 Å². The Bertz CT molecular complexity index is 882. The van der Waals surface area contributed by atoms with Crippen LogP contribution >= 0.6 is 23.1 Å². The van der Waals surface area contributed by atoms with Crippen LogP contribution in [0.15, 0.2) is 46.9 Å². The topological polar surface area (TPSA) is 81.9 Å². The number of nitrogens with one attached hydrogen (secondary N) is 1. The number of halogens is 3. The van der Waals surface area contributed by atoms with Crippen molar-refractivity contribution >= 4 is 29.0 Å². The molecular formula is C15H12F3N5O2S2. The van der Waals surface area contributed by atoms with Crippen molar-refractivity contribution in [1.29, 1.82) is 0 Å². The van der Waals surface area contributed by atoms with E-state index in [-0.39, 0.29) is 17.4 Å². The Labute approximate surface area is 159 Å². The van der Waals surface area contributed by atoms with E-state index in [1.54, 1.807) is 11.3 Å². The number of aromatic nitrogens is 4. The minimum absolute atomic E-state index is 0.0982. The molecule has 7 nitrogen and oxygen atoms in total. The monoisotopic (exact) mass is 415 g/mol. The van der Waals surface area contributed by atoms with Crippen molar-refractivity contribution in [3.63, 3.8) is 0 Å². The van der Waals surface area contributed by atoms with Gasteiger partial charge in [-0.2, -0.15) is 4.68 Å². The van der Waals surface area contributed by atoms with Crippen LogP contribution in [0.5, 0.6) is 5.75 Å². The van der Waals surface area contributed by atoms with Crippen LogP contribution in [0.3, 0.4) is 0 Å². The number of hydrogen-bond donors (Lipinski definition) is 1. The van der Waals surface area contributed by atoms with Gasteiger partial charge in [0, 0.05) is 4.88 Å². The van der Waals surface area contributed by atoms with Crippen LogP contribution in [0.4, 0.5) is 13.2 Å². The van der Waals surface area contributed by atoms with Crippen molar-refractivity contribution in [3.8, 4) is 11.4 Å². The first-order valence-corrected chi connectivity index (χ1v) is 9.34. The molecule has 0 radical (unpaired) electrons. The summed E-state index contributed by atoms with van der Waals surface area (Å²) in [6.07, 6.45) is -4.76. The van der Waals surface area contributed by atoms with Gasteiger partial charge in [0.15, 0.2) is 0 Å². The molecule has 2 heterocycles. The lowest BCUT2D eigenvalue weighted by Gasteiger charge is -2.09. The van der Waals surface area contributed by atoms with Gasteiger partial charge >= 0.3 is 6.36 Å². The summed E-state index contributed by atoms with van der Waals surface area (Å²) in [4.78, 5) is 13.0. The Kier molecular flexibility index (Phi) is 5.96. The van der Waals surface area contributed by atoms with Gasteiger partial charge in [0.2, 0.25) is 11.1 Å². The highest BCUT2D eigenvalue weighted by Gasteiger charge is 2.31. The maximum atomic E-state index is 12.2. The van der Waals surface area contributed by atoms with Crippen LogP contribution in [0.1, 0.15) is 4.88 Å². The van der Waals surface area contributed by atoms with Crippen LogP contribution in [-0.2, 0) is 11.3 Å². The standard InChI is InChI=1S/C15H12F3N5O2S2/c16-15(17,18)25-11-5-3-10(4-6-11)23-14(20-21-22-23)27-9-13(24)19-8-12-2-1-7-26-12/h1-7H,8-9H2,(H,19,24). The molecule has 2 aromatic heterocycles. The number of tetrazole rings is 1. The molecule has 1 N–H and O–H groups in total. The summed E-state index contributed by atoms with van der Waals surface area (Å²) in [5.74, 6) is -0.431. The zero-order valence-electron chi connectivity index (χ0n) is 13.5. The predicted molar refractivity (Wildman–Crippen MR) is 92.7 cm³/mol. The maximum Gasteiger partial charge on any atom is 0.573 e. The fourth-order valence-electron chi connectivity index (χ4n) is 2.00. The molecule has 1 aromatic carbocycles. The number of alkyl halides is 3. The van der Waals surface area contributed by atoms with Crippen LogP contribution in [0.25, 0.3) is 5.69 Å². The van der Waals surface area contributed by atoms with Gasteiger partial charge in [-0.25, -0.2) is 0 Å². The largest absolute Gasteiger partial charge is 0.573 e. The molecule has 0 aliphatic heterocycles. The van der Waals surface area contributed by atoms with Gasteiger partial charge in [0.1, 0.15) is 5.75 Å². The van der Waals surface area contributed by atoms with Gasteiger partial charge in [-0.1, -0.05) is 17.8 Å². The quantitative estimate of drug-likeness (QED) is 0.598. The first-order valence-electron chi connectivity index (χ1n) is 7.47. The molecule has 0 unspecified atom stereocenters. The number of benzene rings is 1. The fourth-order valence-corrected chi connectivity index (χ4v) is 3.37. The van der Waals surface area contributed by atoms with Gasteiger partial charge in [0.05, 0.1) is 18.0 Å². The summed E-state index contributed by atoms with van der Waals surface area (Å²) in [7, 11) is 0. The van der Waals surface area contributed by atoms with E-state index in [1.165, 1.54) is 16.8 Å². The summed E-state index contributed by atoms with van der Waals surface area (Å²) in [5.41, 5.74) is 0.441. The highest BCUT2D eigenvalue weighted by molar-refractivity contribution is 7.99. The zero-order valence-corrected chi connectivity index (χ0v) is 15.1. The first-order chi connectivity index (χ1) is 12.9. The number of ether oxygens (including phenoxy) is 1. The van der Waals surface area contributed by atoms with E-state index in [4.69, 9.17) is 0 Å². The number of rotatable bonds is 7. The molecule has 0 fully saturated rings. The Morgan fingerprint density at radius 2 is 2.04 bits per heavy atom. The van der Waals surface area contributed by atoms with Crippen LogP contribution in [0, 0.1) is 0 Å². The van der Waals surface area contributed by atoms with Gasteiger partial charge < -0.3 is 10.1 Å². The first kappa shape index (κ1) is 19.2. The number of amides is 1. The van der Waals surface area contributed by atoms with Crippen LogP contribution in [0.2, 0.25) is 0 Å². The van der Waals surface area contributed by atoms with Gasteiger partial charge in [-0.15, -0.1) is 29.6 Å². The summed E-state index contributed by atoms with van der Waals surface area (Å²) in [6.45, 7) is 0.447. The van der Waals surface area contributed by atoms with E-state index in [9.17, 15) is 18.0 Å². The summed E-state index contributed by atoms with van der Waals surface area (Å²) in [6, 6.07) is 8.92. The third-order valence-corrected chi connectivity index (χ3v) is 4.92. The number of thioether (sulfide) groups is 1. The van der Waals surface area contributed by atoms with E-state index < -0.39 is 6.36 Å². The predicted octanol–water partition coefficient (Wildman–Crippen LogP) is 3.03. The molecule has 27 heavy (non-hydrogen) atoms. The summed E-state index contributed by atoms with van der Waals surface area (Å²) in [5, 5.41) is 16.2. The SMILES string of the molecule is O=C(CSc1nnnn1-c1ccc(OC(F)(F)F)cc1)NCc1cccs1. The van der Waals surface area contributed by atoms with Gasteiger partial charge in [-0.05, 0) is 46.1 Å².